The molecule has 2 aromatic rings. The molecule has 0 aliphatic carbocycles. The van der Waals surface area contributed by atoms with Crippen LogP contribution < -0.4 is 4.90 Å². The van der Waals surface area contributed by atoms with Crippen LogP contribution in [0.5, 0.6) is 0 Å². The van der Waals surface area contributed by atoms with E-state index in [-0.39, 0.29) is 0 Å². The summed E-state index contributed by atoms with van der Waals surface area (Å²) in [7, 11) is 0. The van der Waals surface area contributed by atoms with Gasteiger partial charge in [0.2, 0.25) is 0 Å². The maximum atomic E-state index is 10.7. The summed E-state index contributed by atoms with van der Waals surface area (Å²) in [6, 6.07) is 15.7. The smallest absolute Gasteiger partial charge is 0.0860 e. The molecule has 0 spiro atoms. The molecule has 0 fully saturated rings. The monoisotopic (exact) mass is 339 g/mol. The van der Waals surface area contributed by atoms with Gasteiger partial charge in [-0.05, 0) is 53.7 Å². The quantitative estimate of drug-likeness (QED) is 0.786. The van der Waals surface area contributed by atoms with Gasteiger partial charge < -0.3 is 15.1 Å². The third-order valence-electron chi connectivity index (χ3n) is 4.38. The molecule has 0 aliphatic rings. The van der Waals surface area contributed by atoms with Gasteiger partial charge >= 0.3 is 0 Å². The minimum atomic E-state index is -0.980. The Bertz CT molecular complexity index is 707. The number of aliphatic hydroxyl groups is 2. The Morgan fingerprint density at radius 2 is 1.16 bits per heavy atom. The summed E-state index contributed by atoms with van der Waals surface area (Å²) in [5, 5.41) is 21.3. The summed E-state index contributed by atoms with van der Waals surface area (Å²) in [6.45, 7) is 11.2. The topological polar surface area (TPSA) is 43.7 Å². The van der Waals surface area contributed by atoms with Crippen molar-refractivity contribution < 1.29 is 10.2 Å². The zero-order valence-electron chi connectivity index (χ0n) is 16.0. The molecule has 0 atom stereocenters. The Morgan fingerprint density at radius 1 is 0.800 bits per heavy atom. The first kappa shape index (κ1) is 19.2. The molecular weight excluding hydrogens is 310 g/mol. The zero-order chi connectivity index (χ0) is 18.8. The summed E-state index contributed by atoms with van der Waals surface area (Å²) in [5.74, 6) is 0. The van der Waals surface area contributed by atoms with Crippen molar-refractivity contribution in [1.82, 2.24) is 0 Å². The highest BCUT2D eigenvalue weighted by Gasteiger charge is 2.28. The number of allylic oxidation sites excluding steroid dienone is 2. The molecule has 0 heterocycles. The van der Waals surface area contributed by atoms with Gasteiger partial charge in [0, 0.05) is 16.8 Å². The van der Waals surface area contributed by atoms with E-state index in [1.54, 1.807) is 27.7 Å². The van der Waals surface area contributed by atoms with Crippen LogP contribution >= 0.6 is 0 Å². The molecule has 0 unspecified atom stereocenters. The first-order valence-electron chi connectivity index (χ1n) is 8.64. The molecule has 0 aromatic heterocycles. The molecular formula is C22H29NO2. The van der Waals surface area contributed by atoms with E-state index in [0.717, 1.165) is 28.2 Å². The lowest BCUT2D eigenvalue weighted by Crippen LogP contribution is -2.26. The van der Waals surface area contributed by atoms with Crippen molar-refractivity contribution in [2.75, 3.05) is 4.90 Å². The molecule has 2 N–H and O–H groups in total. The number of para-hydroxylation sites is 2. The highest BCUT2D eigenvalue weighted by atomic mass is 16.3. The van der Waals surface area contributed by atoms with E-state index < -0.39 is 11.2 Å². The number of hydrogen-bond acceptors (Lipinski definition) is 3. The van der Waals surface area contributed by atoms with Crippen molar-refractivity contribution in [3.63, 3.8) is 0 Å². The number of benzene rings is 2. The molecule has 25 heavy (non-hydrogen) atoms. The average molecular weight is 339 g/mol. The Hall–Kier alpha value is -2.10. The summed E-state index contributed by atoms with van der Waals surface area (Å²) >= 11 is 0. The molecule has 0 saturated heterocycles. The van der Waals surface area contributed by atoms with Crippen LogP contribution in [0.4, 0.5) is 11.4 Å². The van der Waals surface area contributed by atoms with Gasteiger partial charge in [0.1, 0.15) is 0 Å². The normalized spacial score (nSPS) is 13.0. The van der Waals surface area contributed by atoms with Gasteiger partial charge in [0.25, 0.3) is 0 Å². The minimum Gasteiger partial charge on any atom is -0.386 e. The van der Waals surface area contributed by atoms with Crippen LogP contribution in [0.15, 0.2) is 60.3 Å². The molecule has 2 aromatic carbocycles. The highest BCUT2D eigenvalue weighted by molar-refractivity contribution is 5.74. The fourth-order valence-corrected chi connectivity index (χ4v) is 3.01. The van der Waals surface area contributed by atoms with Crippen LogP contribution in [-0.4, -0.2) is 10.2 Å². The summed E-state index contributed by atoms with van der Waals surface area (Å²) in [5.41, 5.74) is 2.54. The Balaban J connectivity index is 2.79. The predicted octanol–water partition coefficient (Wildman–Crippen LogP) is 5.20. The van der Waals surface area contributed by atoms with Crippen LogP contribution in [-0.2, 0) is 11.2 Å². The van der Waals surface area contributed by atoms with Crippen molar-refractivity contribution in [2.45, 2.75) is 52.7 Å². The zero-order valence-corrected chi connectivity index (χ0v) is 16.0. The van der Waals surface area contributed by atoms with E-state index in [0.29, 0.717) is 0 Å². The lowest BCUT2D eigenvalue weighted by Gasteiger charge is -2.34. The van der Waals surface area contributed by atoms with Gasteiger partial charge in [-0.2, -0.15) is 0 Å². The summed E-state index contributed by atoms with van der Waals surface area (Å²) in [6.07, 6.45) is 2.03. The van der Waals surface area contributed by atoms with Gasteiger partial charge in [0.05, 0.1) is 22.6 Å². The van der Waals surface area contributed by atoms with Crippen molar-refractivity contribution in [1.29, 1.82) is 0 Å². The van der Waals surface area contributed by atoms with Gasteiger partial charge in [0.15, 0.2) is 0 Å². The Morgan fingerprint density at radius 3 is 1.48 bits per heavy atom. The number of anilines is 2. The van der Waals surface area contributed by atoms with E-state index in [2.05, 4.69) is 4.90 Å². The second-order valence-electron chi connectivity index (χ2n) is 7.42. The number of rotatable bonds is 5. The third kappa shape index (κ3) is 4.12. The maximum Gasteiger partial charge on any atom is 0.0860 e. The van der Waals surface area contributed by atoms with E-state index in [9.17, 15) is 10.2 Å². The number of hydrogen-bond donors (Lipinski definition) is 2. The molecule has 3 nitrogen and oxygen atoms in total. The van der Waals surface area contributed by atoms with Crippen molar-refractivity contribution in [3.05, 3.63) is 71.4 Å². The molecule has 0 aliphatic heterocycles. The summed E-state index contributed by atoms with van der Waals surface area (Å²) in [4.78, 5) is 2.10. The minimum absolute atomic E-state index is 0.835. The second-order valence-corrected chi connectivity index (χ2v) is 7.42. The molecule has 2 rings (SSSR count). The standard InChI is InChI=1S/C22H29NO2/c1-7-16(2)23(19-14-10-8-12-17(19)21(3,4)24)20-15-11-9-13-18(20)22(5,6)25/h7-15,24-25H,1-6H3. The van der Waals surface area contributed by atoms with Crippen LogP contribution in [0.3, 0.4) is 0 Å². The van der Waals surface area contributed by atoms with Crippen LogP contribution in [0.2, 0.25) is 0 Å². The van der Waals surface area contributed by atoms with E-state index in [1.807, 2.05) is 68.5 Å². The molecule has 134 valence electrons. The molecule has 0 amide bonds. The number of nitrogens with zero attached hydrogens (tertiary/aromatic N) is 1. The summed E-state index contributed by atoms with van der Waals surface area (Å²) < 4.78 is 0. The molecule has 3 heteroatoms. The van der Waals surface area contributed by atoms with Crippen molar-refractivity contribution in [2.24, 2.45) is 0 Å². The fourth-order valence-electron chi connectivity index (χ4n) is 3.01. The van der Waals surface area contributed by atoms with Crippen LogP contribution in [0.1, 0.15) is 52.7 Å². The molecule has 0 bridgehead atoms. The van der Waals surface area contributed by atoms with Gasteiger partial charge in [-0.15, -0.1) is 0 Å². The molecule has 0 saturated carbocycles. The van der Waals surface area contributed by atoms with Crippen LogP contribution in [0, 0.1) is 0 Å². The van der Waals surface area contributed by atoms with Crippen molar-refractivity contribution >= 4 is 11.4 Å². The van der Waals surface area contributed by atoms with Crippen molar-refractivity contribution in [3.8, 4) is 0 Å². The first-order valence-corrected chi connectivity index (χ1v) is 8.64. The van der Waals surface area contributed by atoms with Crippen LogP contribution in [0.25, 0.3) is 0 Å². The SMILES string of the molecule is CC=C(C)N(c1ccccc1C(C)(C)O)c1ccccc1C(C)(C)O. The van der Waals surface area contributed by atoms with Gasteiger partial charge in [-0.3, -0.25) is 0 Å². The largest absolute Gasteiger partial charge is 0.386 e. The first-order chi connectivity index (χ1) is 11.6. The van der Waals surface area contributed by atoms with E-state index in [1.165, 1.54) is 0 Å². The second kappa shape index (κ2) is 7.03. The fraction of sp³-hybridized carbons (Fsp3) is 0.364. The van der Waals surface area contributed by atoms with E-state index in [4.69, 9.17) is 0 Å². The lowest BCUT2D eigenvalue weighted by atomic mass is 9.92. The average Bonchev–Trinajstić information content (AvgIpc) is 2.54. The maximum absolute atomic E-state index is 10.7. The van der Waals surface area contributed by atoms with E-state index >= 15 is 0 Å². The Labute approximate surface area is 151 Å². The lowest BCUT2D eigenvalue weighted by molar-refractivity contribution is 0.0789. The predicted molar refractivity (Wildman–Crippen MR) is 105 cm³/mol. The van der Waals surface area contributed by atoms with Gasteiger partial charge in [-0.1, -0.05) is 42.5 Å². The Kier molecular flexibility index (Phi) is 5.40. The molecule has 0 radical (unpaired) electrons. The van der Waals surface area contributed by atoms with Gasteiger partial charge in [-0.25, -0.2) is 0 Å². The third-order valence-corrected chi connectivity index (χ3v) is 4.38. The highest BCUT2D eigenvalue weighted by Crippen LogP contribution is 2.41.